The van der Waals surface area contributed by atoms with E-state index < -0.39 is 10.0 Å². The highest BCUT2D eigenvalue weighted by Crippen LogP contribution is 2.22. The van der Waals surface area contributed by atoms with Crippen LogP contribution in [-0.4, -0.2) is 55.1 Å². The first-order valence-electron chi connectivity index (χ1n) is 9.73. The lowest BCUT2D eigenvalue weighted by Gasteiger charge is -2.28. The largest absolute Gasteiger partial charge is 0.395 e. The maximum atomic E-state index is 13.2. The second-order valence-electron chi connectivity index (χ2n) is 7.01. The Morgan fingerprint density at radius 3 is 2.66 bits per heavy atom. The van der Waals surface area contributed by atoms with Gasteiger partial charge in [-0.1, -0.05) is 36.4 Å². The number of aliphatic hydroxyl groups excluding tert-OH is 1. The summed E-state index contributed by atoms with van der Waals surface area (Å²) in [7, 11) is -3.73. The van der Waals surface area contributed by atoms with Gasteiger partial charge in [-0.15, -0.1) is 0 Å². The van der Waals surface area contributed by atoms with Crippen molar-refractivity contribution in [2.24, 2.45) is 0 Å². The lowest BCUT2D eigenvalue weighted by Crippen LogP contribution is -2.45. The summed E-state index contributed by atoms with van der Waals surface area (Å²) >= 11 is 0. The number of benzene rings is 2. The van der Waals surface area contributed by atoms with Crippen LogP contribution in [0.1, 0.15) is 12.5 Å². The van der Waals surface area contributed by atoms with Gasteiger partial charge in [0, 0.05) is 36.9 Å². The second-order valence-corrected chi connectivity index (χ2v) is 8.90. The van der Waals surface area contributed by atoms with Crippen LogP contribution < -0.4 is 5.32 Å². The molecule has 154 valence electrons. The van der Waals surface area contributed by atoms with Crippen molar-refractivity contribution < 1.29 is 13.5 Å². The molecule has 0 aliphatic carbocycles. The van der Waals surface area contributed by atoms with Gasteiger partial charge in [0.15, 0.2) is 0 Å². The normalized spacial score (nSPS) is 13.1. The molecule has 0 radical (unpaired) electrons. The van der Waals surface area contributed by atoms with Crippen LogP contribution in [0, 0.1) is 0 Å². The predicted octanol–water partition coefficient (Wildman–Crippen LogP) is 2.44. The molecule has 0 amide bonds. The summed E-state index contributed by atoms with van der Waals surface area (Å²) in [4.78, 5) is 4.28. The number of hydrogen-bond acceptors (Lipinski definition) is 5. The van der Waals surface area contributed by atoms with E-state index in [1.807, 2.05) is 25.1 Å². The molecule has 1 unspecified atom stereocenters. The number of rotatable bonds is 10. The Bertz CT molecular complexity index is 1030. The minimum Gasteiger partial charge on any atom is -0.395 e. The molecule has 1 atom stereocenters. The fourth-order valence-corrected chi connectivity index (χ4v) is 4.98. The minimum atomic E-state index is -3.73. The minimum absolute atomic E-state index is 0.0538. The molecule has 3 rings (SSSR count). The number of nitrogens with one attached hydrogen (secondary N) is 1. The molecule has 29 heavy (non-hydrogen) atoms. The van der Waals surface area contributed by atoms with E-state index >= 15 is 0 Å². The summed E-state index contributed by atoms with van der Waals surface area (Å²) in [5.41, 5.74) is 1.23. The molecular formula is C22H27N3O3S. The highest BCUT2D eigenvalue weighted by molar-refractivity contribution is 7.89. The van der Waals surface area contributed by atoms with Crippen molar-refractivity contribution >= 4 is 20.8 Å². The molecule has 1 heterocycles. The average molecular weight is 414 g/mol. The molecule has 0 saturated carbocycles. The number of aliphatic hydroxyl groups is 1. The van der Waals surface area contributed by atoms with E-state index in [0.717, 1.165) is 23.7 Å². The predicted molar refractivity (Wildman–Crippen MR) is 115 cm³/mol. The van der Waals surface area contributed by atoms with Gasteiger partial charge in [-0.3, -0.25) is 4.98 Å². The monoisotopic (exact) mass is 413 g/mol. The summed E-state index contributed by atoms with van der Waals surface area (Å²) in [5, 5.41) is 14.5. The highest BCUT2D eigenvalue weighted by atomic mass is 32.2. The van der Waals surface area contributed by atoms with Gasteiger partial charge in [0.25, 0.3) is 0 Å². The third kappa shape index (κ3) is 5.39. The Hall–Kier alpha value is -2.32. The van der Waals surface area contributed by atoms with Crippen LogP contribution in [0.4, 0.5) is 0 Å². The van der Waals surface area contributed by atoms with Gasteiger partial charge >= 0.3 is 0 Å². The standard InChI is InChI=1S/C22H27N3O3S/c1-18(16-23-11-9-19-5-3-2-4-6-19)25(13-14-26)29(27,28)22-8-7-21-17-24-12-10-20(21)15-22/h2-8,10,12,15,17-18,23,26H,9,11,13-14,16H2,1H3. The van der Waals surface area contributed by atoms with Crippen molar-refractivity contribution in [1.29, 1.82) is 0 Å². The van der Waals surface area contributed by atoms with E-state index in [4.69, 9.17) is 0 Å². The van der Waals surface area contributed by atoms with Crippen molar-refractivity contribution in [2.45, 2.75) is 24.3 Å². The van der Waals surface area contributed by atoms with Crippen molar-refractivity contribution in [3.63, 3.8) is 0 Å². The molecule has 2 aromatic carbocycles. The van der Waals surface area contributed by atoms with Crippen LogP contribution in [0.2, 0.25) is 0 Å². The maximum Gasteiger partial charge on any atom is 0.243 e. The van der Waals surface area contributed by atoms with Crippen molar-refractivity contribution in [2.75, 3.05) is 26.2 Å². The molecule has 0 aliphatic heterocycles. The molecule has 1 aromatic heterocycles. The van der Waals surface area contributed by atoms with Gasteiger partial charge < -0.3 is 10.4 Å². The summed E-state index contributed by atoms with van der Waals surface area (Å²) in [6, 6.07) is 16.7. The fourth-order valence-electron chi connectivity index (χ4n) is 3.32. The third-order valence-corrected chi connectivity index (χ3v) is 6.91. The molecule has 0 aliphatic rings. The molecule has 0 spiro atoms. The Morgan fingerprint density at radius 1 is 1.10 bits per heavy atom. The molecule has 7 heteroatoms. The zero-order valence-corrected chi connectivity index (χ0v) is 17.3. The summed E-state index contributed by atoms with van der Waals surface area (Å²) in [6.45, 7) is 2.94. The molecule has 0 bridgehead atoms. The van der Waals surface area contributed by atoms with Crippen LogP contribution >= 0.6 is 0 Å². The third-order valence-electron chi connectivity index (χ3n) is 4.90. The summed E-state index contributed by atoms with van der Waals surface area (Å²) in [6.07, 6.45) is 4.22. The molecule has 6 nitrogen and oxygen atoms in total. The summed E-state index contributed by atoms with van der Waals surface area (Å²) in [5.74, 6) is 0. The van der Waals surface area contributed by atoms with Crippen LogP contribution in [0.5, 0.6) is 0 Å². The van der Waals surface area contributed by atoms with Crippen molar-refractivity contribution in [1.82, 2.24) is 14.6 Å². The van der Waals surface area contributed by atoms with E-state index in [1.165, 1.54) is 9.87 Å². The van der Waals surface area contributed by atoms with Gasteiger partial charge in [-0.25, -0.2) is 8.42 Å². The van der Waals surface area contributed by atoms with E-state index in [0.29, 0.717) is 6.54 Å². The van der Waals surface area contributed by atoms with E-state index in [-0.39, 0.29) is 24.1 Å². The van der Waals surface area contributed by atoms with E-state index in [9.17, 15) is 13.5 Å². The molecular weight excluding hydrogens is 386 g/mol. The highest BCUT2D eigenvalue weighted by Gasteiger charge is 2.28. The van der Waals surface area contributed by atoms with Crippen LogP contribution in [-0.2, 0) is 16.4 Å². The number of fused-ring (bicyclic) bond motifs is 1. The van der Waals surface area contributed by atoms with Gasteiger partial charge in [-0.05, 0) is 49.0 Å². The Morgan fingerprint density at radius 2 is 1.90 bits per heavy atom. The zero-order valence-electron chi connectivity index (χ0n) is 16.5. The topological polar surface area (TPSA) is 82.5 Å². The lowest BCUT2D eigenvalue weighted by atomic mass is 10.1. The van der Waals surface area contributed by atoms with Crippen LogP contribution in [0.15, 0.2) is 71.9 Å². The van der Waals surface area contributed by atoms with Gasteiger partial charge in [-0.2, -0.15) is 4.31 Å². The number of nitrogens with zero attached hydrogens (tertiary/aromatic N) is 2. The zero-order chi connectivity index (χ0) is 20.7. The quantitative estimate of drug-likeness (QED) is 0.499. The van der Waals surface area contributed by atoms with Crippen molar-refractivity contribution in [3.8, 4) is 0 Å². The van der Waals surface area contributed by atoms with Gasteiger partial charge in [0.2, 0.25) is 10.0 Å². The number of sulfonamides is 1. The van der Waals surface area contributed by atoms with Gasteiger partial charge in [0.1, 0.15) is 0 Å². The van der Waals surface area contributed by atoms with Crippen molar-refractivity contribution in [3.05, 3.63) is 72.6 Å². The first-order valence-corrected chi connectivity index (χ1v) is 11.2. The number of aromatic nitrogens is 1. The average Bonchev–Trinajstić information content (AvgIpc) is 2.75. The SMILES string of the molecule is CC(CNCCc1ccccc1)N(CCO)S(=O)(=O)c1ccc2cnccc2c1. The van der Waals surface area contributed by atoms with Crippen LogP contribution in [0.3, 0.4) is 0 Å². The summed E-state index contributed by atoms with van der Waals surface area (Å²) < 4.78 is 27.8. The Balaban J connectivity index is 1.69. The number of pyridine rings is 1. The lowest BCUT2D eigenvalue weighted by molar-refractivity contribution is 0.229. The Labute approximate surface area is 172 Å². The smallest absolute Gasteiger partial charge is 0.243 e. The first kappa shape index (κ1) is 21.4. The number of hydrogen-bond donors (Lipinski definition) is 2. The molecule has 0 saturated heterocycles. The Kier molecular flexibility index (Phi) is 7.33. The fraction of sp³-hybridized carbons (Fsp3) is 0.318. The van der Waals surface area contributed by atoms with Crippen LogP contribution in [0.25, 0.3) is 10.8 Å². The molecule has 2 N–H and O–H groups in total. The van der Waals surface area contributed by atoms with Gasteiger partial charge in [0.05, 0.1) is 11.5 Å². The van der Waals surface area contributed by atoms with E-state index in [1.54, 1.807) is 36.7 Å². The maximum absolute atomic E-state index is 13.2. The molecule has 3 aromatic rings. The molecule has 0 fully saturated rings. The first-order chi connectivity index (χ1) is 14.0. The van der Waals surface area contributed by atoms with E-state index in [2.05, 4.69) is 22.4 Å². The second kappa shape index (κ2) is 9.93.